The number of amides is 1. The minimum Gasteiger partial charge on any atom is -0.473 e. The summed E-state index contributed by atoms with van der Waals surface area (Å²) in [5.41, 5.74) is 1.80. The van der Waals surface area contributed by atoms with E-state index in [-0.39, 0.29) is 17.9 Å². The molecule has 3 heterocycles. The van der Waals surface area contributed by atoms with Crippen LogP contribution in [-0.2, 0) is 4.79 Å². The molecule has 0 radical (unpaired) electrons. The quantitative estimate of drug-likeness (QED) is 0.726. The maximum atomic E-state index is 13.0. The molecule has 2 aromatic rings. The third kappa shape index (κ3) is 4.72. The number of ether oxygens (including phenoxy) is 1. The van der Waals surface area contributed by atoms with E-state index in [0.29, 0.717) is 11.4 Å². The Hall–Kier alpha value is -2.96. The lowest BCUT2D eigenvalue weighted by atomic mass is 9.93. The summed E-state index contributed by atoms with van der Waals surface area (Å²) in [6, 6.07) is 7.64. The molecule has 2 aliphatic rings. The van der Waals surface area contributed by atoms with Gasteiger partial charge in [0.1, 0.15) is 12.4 Å². The lowest BCUT2D eigenvalue weighted by molar-refractivity contribution is -0.138. The number of carbonyl (C=O) groups is 2. The van der Waals surface area contributed by atoms with Gasteiger partial charge in [-0.1, -0.05) is 0 Å². The first kappa shape index (κ1) is 19.4. The summed E-state index contributed by atoms with van der Waals surface area (Å²) in [7, 11) is 0. The molecule has 0 spiro atoms. The van der Waals surface area contributed by atoms with Gasteiger partial charge < -0.3 is 14.5 Å². The lowest BCUT2D eigenvalue weighted by Crippen LogP contribution is -2.47. The Labute approximate surface area is 170 Å². The third-order valence-corrected chi connectivity index (χ3v) is 5.82. The van der Waals surface area contributed by atoms with Crippen molar-refractivity contribution >= 4 is 17.9 Å². The summed E-state index contributed by atoms with van der Waals surface area (Å²) in [6.07, 6.45) is 9.19. The largest absolute Gasteiger partial charge is 0.473 e. The molecule has 4 rings (SSSR count). The minimum atomic E-state index is 0.0898. The van der Waals surface area contributed by atoms with Crippen LogP contribution in [0.2, 0.25) is 0 Å². The van der Waals surface area contributed by atoms with E-state index in [2.05, 4.69) is 14.9 Å². The molecule has 0 unspecified atom stereocenters. The molecule has 0 saturated carbocycles. The van der Waals surface area contributed by atoms with E-state index in [1.54, 1.807) is 18.6 Å². The summed E-state index contributed by atoms with van der Waals surface area (Å²) >= 11 is 0. The van der Waals surface area contributed by atoms with Crippen molar-refractivity contribution < 1.29 is 14.3 Å². The van der Waals surface area contributed by atoms with Gasteiger partial charge in [-0.05, 0) is 37.1 Å². The molecule has 1 amide bonds. The second-order valence-electron chi connectivity index (χ2n) is 7.66. The number of likely N-dealkylation sites (tertiary alicyclic amines) is 1. The van der Waals surface area contributed by atoms with Gasteiger partial charge in [0.05, 0.1) is 6.20 Å². The van der Waals surface area contributed by atoms with Gasteiger partial charge in [0, 0.05) is 68.6 Å². The summed E-state index contributed by atoms with van der Waals surface area (Å²) in [5, 5.41) is 0. The number of hydrogen-bond acceptors (Lipinski definition) is 6. The Morgan fingerprint density at radius 3 is 2.34 bits per heavy atom. The average Bonchev–Trinajstić information content (AvgIpc) is 2.80. The minimum absolute atomic E-state index is 0.0898. The van der Waals surface area contributed by atoms with Gasteiger partial charge in [-0.3, -0.25) is 14.6 Å². The fourth-order valence-electron chi connectivity index (χ4n) is 4.12. The van der Waals surface area contributed by atoms with Gasteiger partial charge in [-0.15, -0.1) is 0 Å². The van der Waals surface area contributed by atoms with Crippen LogP contribution in [0.1, 0.15) is 36.0 Å². The highest BCUT2D eigenvalue weighted by Gasteiger charge is 2.31. The Balaban J connectivity index is 1.24. The predicted molar refractivity (Wildman–Crippen MR) is 109 cm³/mol. The Morgan fingerprint density at radius 1 is 1.00 bits per heavy atom. The fourth-order valence-corrected chi connectivity index (χ4v) is 4.12. The molecule has 7 heteroatoms. The van der Waals surface area contributed by atoms with Crippen molar-refractivity contribution in [2.24, 2.45) is 5.92 Å². The molecular weight excluding hydrogens is 368 g/mol. The van der Waals surface area contributed by atoms with E-state index in [1.807, 2.05) is 29.2 Å². The van der Waals surface area contributed by atoms with Crippen molar-refractivity contribution in [1.82, 2.24) is 14.9 Å². The summed E-state index contributed by atoms with van der Waals surface area (Å²) < 4.78 is 5.87. The molecule has 1 aromatic heterocycles. The number of aldehydes is 1. The SMILES string of the molecule is O=Cc1ccc(N2CCC(C(=O)N3CCC(Oc4cnccn4)CC3)CC2)cc1. The van der Waals surface area contributed by atoms with E-state index in [0.717, 1.165) is 63.8 Å². The summed E-state index contributed by atoms with van der Waals surface area (Å²) in [4.78, 5) is 36.2. The molecule has 29 heavy (non-hydrogen) atoms. The van der Waals surface area contributed by atoms with E-state index in [1.165, 1.54) is 0 Å². The van der Waals surface area contributed by atoms with Crippen molar-refractivity contribution in [1.29, 1.82) is 0 Å². The number of rotatable bonds is 5. The van der Waals surface area contributed by atoms with Gasteiger partial charge in [0.15, 0.2) is 0 Å². The van der Waals surface area contributed by atoms with Gasteiger partial charge in [0.25, 0.3) is 0 Å². The van der Waals surface area contributed by atoms with Crippen molar-refractivity contribution in [3.63, 3.8) is 0 Å². The van der Waals surface area contributed by atoms with Crippen LogP contribution in [-0.4, -0.2) is 59.3 Å². The number of piperidine rings is 2. The number of hydrogen-bond donors (Lipinski definition) is 0. The first-order valence-electron chi connectivity index (χ1n) is 10.2. The number of anilines is 1. The Morgan fingerprint density at radius 2 is 1.72 bits per heavy atom. The van der Waals surface area contributed by atoms with Gasteiger partial charge in [-0.25, -0.2) is 4.98 Å². The average molecular weight is 394 g/mol. The van der Waals surface area contributed by atoms with Crippen LogP contribution in [0.25, 0.3) is 0 Å². The first-order chi connectivity index (χ1) is 14.2. The highest BCUT2D eigenvalue weighted by molar-refractivity contribution is 5.79. The molecule has 0 atom stereocenters. The monoisotopic (exact) mass is 394 g/mol. The van der Waals surface area contributed by atoms with E-state index < -0.39 is 0 Å². The van der Waals surface area contributed by atoms with Crippen molar-refractivity contribution in [2.45, 2.75) is 31.8 Å². The molecule has 152 valence electrons. The standard InChI is InChI=1S/C22H26N4O3/c27-16-17-1-3-19(4-2-17)25-11-5-18(6-12-25)22(28)26-13-7-20(8-14-26)29-21-15-23-9-10-24-21/h1-4,9-10,15-16,18,20H,5-8,11-14H2. The van der Waals surface area contributed by atoms with Crippen LogP contribution in [0.4, 0.5) is 5.69 Å². The van der Waals surface area contributed by atoms with Crippen molar-refractivity contribution in [3.05, 3.63) is 48.4 Å². The number of carbonyl (C=O) groups excluding carboxylic acids is 2. The molecule has 2 fully saturated rings. The van der Waals surface area contributed by atoms with E-state index in [4.69, 9.17) is 4.74 Å². The van der Waals surface area contributed by atoms with Gasteiger partial charge in [-0.2, -0.15) is 0 Å². The second-order valence-corrected chi connectivity index (χ2v) is 7.66. The zero-order valence-electron chi connectivity index (χ0n) is 16.4. The maximum Gasteiger partial charge on any atom is 0.232 e. The molecule has 0 N–H and O–H groups in total. The van der Waals surface area contributed by atoms with E-state index in [9.17, 15) is 9.59 Å². The summed E-state index contributed by atoms with van der Waals surface area (Å²) in [5.74, 6) is 0.919. The zero-order chi connectivity index (χ0) is 20.1. The highest BCUT2D eigenvalue weighted by Crippen LogP contribution is 2.26. The smallest absolute Gasteiger partial charge is 0.232 e. The number of nitrogens with zero attached hydrogens (tertiary/aromatic N) is 4. The van der Waals surface area contributed by atoms with Crippen LogP contribution in [0.3, 0.4) is 0 Å². The molecule has 0 bridgehead atoms. The topological polar surface area (TPSA) is 75.6 Å². The van der Waals surface area contributed by atoms with Gasteiger partial charge in [0.2, 0.25) is 11.8 Å². The number of benzene rings is 1. The molecule has 7 nitrogen and oxygen atoms in total. The van der Waals surface area contributed by atoms with Crippen LogP contribution in [0.5, 0.6) is 5.88 Å². The molecular formula is C22H26N4O3. The van der Waals surface area contributed by atoms with Gasteiger partial charge >= 0.3 is 0 Å². The van der Waals surface area contributed by atoms with Crippen molar-refractivity contribution in [3.8, 4) is 5.88 Å². The summed E-state index contributed by atoms with van der Waals surface area (Å²) in [6.45, 7) is 3.19. The van der Waals surface area contributed by atoms with Crippen LogP contribution in [0.15, 0.2) is 42.9 Å². The molecule has 1 aromatic carbocycles. The first-order valence-corrected chi connectivity index (χ1v) is 10.2. The van der Waals surface area contributed by atoms with Crippen LogP contribution in [0, 0.1) is 5.92 Å². The van der Waals surface area contributed by atoms with E-state index >= 15 is 0 Å². The molecule has 0 aliphatic carbocycles. The molecule has 2 saturated heterocycles. The van der Waals surface area contributed by atoms with Crippen LogP contribution >= 0.6 is 0 Å². The zero-order valence-corrected chi connectivity index (χ0v) is 16.4. The molecule has 2 aliphatic heterocycles. The lowest BCUT2D eigenvalue weighted by Gasteiger charge is -2.37. The Bertz CT molecular complexity index is 812. The third-order valence-electron chi connectivity index (χ3n) is 5.82. The maximum absolute atomic E-state index is 13.0. The fraction of sp³-hybridized carbons (Fsp3) is 0.455. The van der Waals surface area contributed by atoms with Crippen LogP contribution < -0.4 is 9.64 Å². The van der Waals surface area contributed by atoms with Crippen molar-refractivity contribution in [2.75, 3.05) is 31.1 Å². The highest BCUT2D eigenvalue weighted by atomic mass is 16.5. The second kappa shape index (κ2) is 9.03. The number of aromatic nitrogens is 2. The normalized spacial score (nSPS) is 18.5. The Kier molecular flexibility index (Phi) is 6.03. The predicted octanol–water partition coefficient (Wildman–Crippen LogP) is 2.58.